The van der Waals surface area contributed by atoms with Crippen LogP contribution in [0, 0.1) is 12.7 Å². The summed E-state index contributed by atoms with van der Waals surface area (Å²) in [5.41, 5.74) is 1.12. The number of benzene rings is 1. The molecule has 0 heterocycles. The molecule has 0 fully saturated rings. The lowest BCUT2D eigenvalue weighted by molar-refractivity contribution is 0.0938. The molecule has 2 atom stereocenters. The second-order valence-corrected chi connectivity index (χ2v) is 5.97. The molecular weight excluding hydrogens is 285 g/mol. The lowest BCUT2D eigenvalue weighted by atomic mass is 10.1. The molecule has 2 unspecified atom stereocenters. The maximum absolute atomic E-state index is 13.1. The number of hydrogen-bond acceptors (Lipinski definition) is 1. The molecule has 1 rings (SSSR count). The summed E-state index contributed by atoms with van der Waals surface area (Å²) in [6.07, 6.45) is 0.833. The van der Waals surface area contributed by atoms with E-state index < -0.39 is 0 Å². The van der Waals surface area contributed by atoms with Gasteiger partial charge in [0.15, 0.2) is 0 Å². The first-order chi connectivity index (χ1) is 7.88. The minimum atomic E-state index is -0.378. The smallest absolute Gasteiger partial charge is 0.251 e. The van der Waals surface area contributed by atoms with Crippen molar-refractivity contribution in [1.82, 2.24) is 5.32 Å². The van der Waals surface area contributed by atoms with E-state index in [1.54, 1.807) is 13.0 Å². The van der Waals surface area contributed by atoms with Crippen LogP contribution in [-0.2, 0) is 0 Å². The SMILES string of the molecule is Cc1cc(F)cc(C(=O)NC(C)CC(C)Br)c1. The minimum absolute atomic E-state index is 0.0560. The van der Waals surface area contributed by atoms with Gasteiger partial charge in [-0.25, -0.2) is 4.39 Å². The zero-order valence-electron chi connectivity index (χ0n) is 10.3. The van der Waals surface area contributed by atoms with Gasteiger partial charge in [-0.3, -0.25) is 4.79 Å². The first-order valence-corrected chi connectivity index (χ1v) is 6.52. The van der Waals surface area contributed by atoms with Crippen molar-refractivity contribution in [1.29, 1.82) is 0 Å². The number of rotatable bonds is 4. The summed E-state index contributed by atoms with van der Waals surface area (Å²) >= 11 is 3.43. The number of halogens is 2. The molecule has 0 aliphatic rings. The molecule has 1 amide bonds. The van der Waals surface area contributed by atoms with Crippen molar-refractivity contribution >= 4 is 21.8 Å². The molecule has 0 aromatic heterocycles. The molecule has 4 heteroatoms. The van der Waals surface area contributed by atoms with Crippen LogP contribution in [-0.4, -0.2) is 16.8 Å². The Morgan fingerprint density at radius 3 is 2.59 bits per heavy atom. The largest absolute Gasteiger partial charge is 0.350 e. The Labute approximate surface area is 110 Å². The van der Waals surface area contributed by atoms with Gasteiger partial charge in [-0.05, 0) is 44.0 Å². The van der Waals surface area contributed by atoms with Gasteiger partial charge in [-0.1, -0.05) is 22.9 Å². The number of alkyl halides is 1. The number of hydrogen-bond donors (Lipinski definition) is 1. The Kier molecular flexibility index (Phi) is 5.12. The second kappa shape index (κ2) is 6.15. The van der Waals surface area contributed by atoms with Gasteiger partial charge in [0.25, 0.3) is 5.91 Å². The van der Waals surface area contributed by atoms with Gasteiger partial charge >= 0.3 is 0 Å². The summed E-state index contributed by atoms with van der Waals surface area (Å²) in [7, 11) is 0. The standard InChI is InChI=1S/C13H17BrFNO/c1-8-4-11(7-12(15)5-8)13(17)16-10(3)6-9(2)14/h4-5,7,9-10H,6H2,1-3H3,(H,16,17). The van der Waals surface area contributed by atoms with Crippen LogP contribution >= 0.6 is 15.9 Å². The average Bonchev–Trinajstić information content (AvgIpc) is 2.14. The highest BCUT2D eigenvalue weighted by atomic mass is 79.9. The van der Waals surface area contributed by atoms with Crippen LogP contribution in [0.5, 0.6) is 0 Å². The molecule has 0 saturated heterocycles. The van der Waals surface area contributed by atoms with Crippen LogP contribution in [0.4, 0.5) is 4.39 Å². The lowest BCUT2D eigenvalue weighted by Crippen LogP contribution is -2.33. The van der Waals surface area contributed by atoms with E-state index in [9.17, 15) is 9.18 Å². The summed E-state index contributed by atoms with van der Waals surface area (Å²) in [4.78, 5) is 12.2. The third-order valence-electron chi connectivity index (χ3n) is 2.36. The molecule has 1 aromatic carbocycles. The van der Waals surface area contributed by atoms with Crippen molar-refractivity contribution in [3.05, 3.63) is 35.1 Å². The monoisotopic (exact) mass is 301 g/mol. The zero-order chi connectivity index (χ0) is 13.0. The Bertz CT molecular complexity index is 386. The van der Waals surface area contributed by atoms with Crippen LogP contribution in [0.3, 0.4) is 0 Å². The van der Waals surface area contributed by atoms with Crippen LogP contribution in [0.15, 0.2) is 18.2 Å². The van der Waals surface area contributed by atoms with Crippen LogP contribution in [0.2, 0.25) is 0 Å². The van der Waals surface area contributed by atoms with Gasteiger partial charge in [0, 0.05) is 16.4 Å². The number of carbonyl (C=O) groups is 1. The highest BCUT2D eigenvalue weighted by molar-refractivity contribution is 9.09. The van der Waals surface area contributed by atoms with Crippen molar-refractivity contribution in [2.75, 3.05) is 0 Å². The molecule has 1 N–H and O–H groups in total. The molecule has 0 saturated carbocycles. The van der Waals surface area contributed by atoms with E-state index in [-0.39, 0.29) is 17.8 Å². The van der Waals surface area contributed by atoms with Crippen molar-refractivity contribution < 1.29 is 9.18 Å². The first kappa shape index (κ1) is 14.2. The number of nitrogens with one attached hydrogen (secondary N) is 1. The fraction of sp³-hybridized carbons (Fsp3) is 0.462. The van der Waals surface area contributed by atoms with Gasteiger partial charge in [0.05, 0.1) is 0 Å². The third-order valence-corrected chi connectivity index (χ3v) is 2.73. The van der Waals surface area contributed by atoms with Crippen molar-refractivity contribution in [3.8, 4) is 0 Å². The van der Waals surface area contributed by atoms with E-state index >= 15 is 0 Å². The van der Waals surface area contributed by atoms with Gasteiger partial charge in [-0.2, -0.15) is 0 Å². The first-order valence-electron chi connectivity index (χ1n) is 5.60. The molecule has 1 aromatic rings. The maximum atomic E-state index is 13.1. The van der Waals surface area contributed by atoms with Crippen molar-refractivity contribution in [3.63, 3.8) is 0 Å². The summed E-state index contributed by atoms with van der Waals surface area (Å²) in [5, 5.41) is 2.85. The molecule has 0 aliphatic carbocycles. The summed E-state index contributed by atoms with van der Waals surface area (Å²) in [6, 6.07) is 4.40. The van der Waals surface area contributed by atoms with E-state index in [2.05, 4.69) is 21.2 Å². The second-order valence-electron chi connectivity index (χ2n) is 4.41. The Morgan fingerprint density at radius 2 is 2.06 bits per heavy atom. The molecule has 17 heavy (non-hydrogen) atoms. The van der Waals surface area contributed by atoms with E-state index in [0.29, 0.717) is 10.4 Å². The topological polar surface area (TPSA) is 29.1 Å². The lowest BCUT2D eigenvalue weighted by Gasteiger charge is -2.15. The van der Waals surface area contributed by atoms with E-state index in [1.165, 1.54) is 12.1 Å². The van der Waals surface area contributed by atoms with Gasteiger partial charge in [0.2, 0.25) is 0 Å². The quantitative estimate of drug-likeness (QED) is 0.848. The predicted molar refractivity (Wildman–Crippen MR) is 71.1 cm³/mol. The summed E-state index contributed by atoms with van der Waals surface area (Å²) < 4.78 is 13.1. The Balaban J connectivity index is 2.69. The number of carbonyl (C=O) groups excluding carboxylic acids is 1. The van der Waals surface area contributed by atoms with Gasteiger partial charge < -0.3 is 5.32 Å². The molecule has 94 valence electrons. The molecule has 2 nitrogen and oxygen atoms in total. The zero-order valence-corrected chi connectivity index (χ0v) is 11.8. The van der Waals surface area contributed by atoms with Crippen LogP contribution < -0.4 is 5.32 Å². The fourth-order valence-electron chi connectivity index (χ4n) is 1.72. The Morgan fingerprint density at radius 1 is 1.41 bits per heavy atom. The van der Waals surface area contributed by atoms with Gasteiger partial charge in [0.1, 0.15) is 5.82 Å². The summed E-state index contributed by atoms with van der Waals surface area (Å²) in [5.74, 6) is -0.607. The van der Waals surface area contributed by atoms with Crippen molar-refractivity contribution in [2.45, 2.75) is 38.1 Å². The minimum Gasteiger partial charge on any atom is -0.350 e. The molecular formula is C13H17BrFNO. The third kappa shape index (κ3) is 4.86. The average molecular weight is 302 g/mol. The molecule has 0 bridgehead atoms. The highest BCUT2D eigenvalue weighted by Crippen LogP contribution is 2.10. The summed E-state index contributed by atoms with van der Waals surface area (Å²) in [6.45, 7) is 5.72. The fourth-order valence-corrected chi connectivity index (χ4v) is 2.28. The van der Waals surface area contributed by atoms with E-state index in [4.69, 9.17) is 0 Å². The molecule has 0 aliphatic heterocycles. The van der Waals surface area contributed by atoms with E-state index in [0.717, 1.165) is 12.0 Å². The number of aryl methyl sites for hydroxylation is 1. The van der Waals surface area contributed by atoms with Crippen molar-refractivity contribution in [2.24, 2.45) is 0 Å². The predicted octanol–water partition coefficient (Wildman–Crippen LogP) is 3.43. The highest BCUT2D eigenvalue weighted by Gasteiger charge is 2.12. The molecule has 0 radical (unpaired) electrons. The molecule has 0 spiro atoms. The van der Waals surface area contributed by atoms with Crippen LogP contribution in [0.25, 0.3) is 0 Å². The Hall–Kier alpha value is -0.900. The normalized spacial score (nSPS) is 14.2. The number of amides is 1. The van der Waals surface area contributed by atoms with E-state index in [1.807, 2.05) is 13.8 Å². The van der Waals surface area contributed by atoms with Gasteiger partial charge in [-0.15, -0.1) is 0 Å². The maximum Gasteiger partial charge on any atom is 0.251 e. The van der Waals surface area contributed by atoms with Crippen LogP contribution in [0.1, 0.15) is 36.2 Å².